The van der Waals surface area contributed by atoms with Gasteiger partial charge >= 0.3 is 12.6 Å². The normalized spacial score (nSPS) is 17.6. The molecule has 0 saturated carbocycles. The van der Waals surface area contributed by atoms with Gasteiger partial charge in [-0.3, -0.25) is 14.4 Å². The van der Waals surface area contributed by atoms with E-state index in [1.54, 1.807) is 25.7 Å². The Kier molecular flexibility index (Phi) is 7.06. The molecule has 1 aromatic carbocycles. The smallest absolute Gasteiger partial charge is 0.412 e. The van der Waals surface area contributed by atoms with Crippen molar-refractivity contribution in [2.45, 2.75) is 63.7 Å². The molecule has 2 aliphatic heterocycles. The lowest BCUT2D eigenvalue weighted by molar-refractivity contribution is -0.136. The predicted molar refractivity (Wildman–Crippen MR) is 129 cm³/mol. The average Bonchev–Trinajstić information content (AvgIpc) is 3.13. The molecule has 1 atom stereocenters. The van der Waals surface area contributed by atoms with Gasteiger partial charge in [0.2, 0.25) is 5.91 Å². The summed E-state index contributed by atoms with van der Waals surface area (Å²) < 4.78 is 66.4. The van der Waals surface area contributed by atoms with E-state index in [0.717, 1.165) is 16.9 Å². The van der Waals surface area contributed by atoms with Gasteiger partial charge in [0.1, 0.15) is 22.4 Å². The number of alkyl halides is 2. The van der Waals surface area contributed by atoms with Gasteiger partial charge in [0.15, 0.2) is 0 Å². The molecule has 0 aliphatic carbocycles. The van der Waals surface area contributed by atoms with Gasteiger partial charge in [-0.25, -0.2) is 17.9 Å². The Bertz CT molecular complexity index is 1300. The average molecular weight is 542 g/mol. The Balaban J connectivity index is 1.69. The highest BCUT2D eigenvalue weighted by Crippen LogP contribution is 2.40. The maximum atomic E-state index is 13.7. The number of benzene rings is 1. The van der Waals surface area contributed by atoms with E-state index < -0.39 is 39.3 Å². The molecule has 37 heavy (non-hydrogen) atoms. The molecular weight excluding hydrogens is 512 g/mol. The minimum Gasteiger partial charge on any atom is -0.486 e. The maximum absolute atomic E-state index is 13.7. The first-order valence-electron chi connectivity index (χ1n) is 11.7. The number of aryl methyl sites for hydroxylation is 1. The lowest BCUT2D eigenvalue weighted by Crippen LogP contribution is -2.48. The molecule has 1 unspecified atom stereocenters. The number of ether oxygens (including phenoxy) is 2. The van der Waals surface area contributed by atoms with E-state index in [1.807, 2.05) is 0 Å². The number of nitrogens with zero attached hydrogens (tertiary/aromatic N) is 4. The highest BCUT2D eigenvalue weighted by Gasteiger charge is 2.38. The van der Waals surface area contributed by atoms with Gasteiger partial charge in [-0.05, 0) is 52.3 Å². The number of likely N-dealkylation sites (tertiary alicyclic amines) is 1. The molecule has 1 saturated heterocycles. The van der Waals surface area contributed by atoms with Crippen LogP contribution in [0.5, 0.6) is 5.75 Å². The molecule has 3 heterocycles. The van der Waals surface area contributed by atoms with Crippen molar-refractivity contribution in [1.29, 1.82) is 0 Å². The van der Waals surface area contributed by atoms with Crippen LogP contribution in [0, 0.1) is 6.92 Å². The van der Waals surface area contributed by atoms with Gasteiger partial charge in [-0.1, -0.05) is 0 Å². The second-order valence-corrected chi connectivity index (χ2v) is 11.7. The number of amides is 2. The van der Waals surface area contributed by atoms with Crippen molar-refractivity contribution >= 4 is 33.4 Å². The van der Waals surface area contributed by atoms with Crippen LogP contribution >= 0.6 is 0 Å². The standard InChI is InChI=1S/C23H29F2N5O6S/c1-14-19(13-29(27-14)21(24)25)37(33,34)30-12-16(11-20(31)28-8-5-9-28)35-18-7-6-15(10-17(18)30)26-22(32)36-23(2,3)4/h6-7,10,13,16,21H,5,8-9,11-12H2,1-4H3,(H,26,32). The summed E-state index contributed by atoms with van der Waals surface area (Å²) in [5.74, 6) is -0.00756. The number of rotatable bonds is 6. The summed E-state index contributed by atoms with van der Waals surface area (Å²) in [5.41, 5.74) is -0.558. The van der Waals surface area contributed by atoms with Crippen molar-refractivity contribution in [2.75, 3.05) is 29.3 Å². The Morgan fingerprint density at radius 1 is 1.27 bits per heavy atom. The van der Waals surface area contributed by atoms with Crippen LogP contribution in [0.25, 0.3) is 0 Å². The van der Waals surface area contributed by atoms with Gasteiger partial charge < -0.3 is 14.4 Å². The molecular formula is C23H29F2N5O6S. The topological polar surface area (TPSA) is 123 Å². The van der Waals surface area contributed by atoms with Gasteiger partial charge in [0.25, 0.3) is 10.0 Å². The molecule has 1 N–H and O–H groups in total. The van der Waals surface area contributed by atoms with Crippen molar-refractivity contribution in [3.63, 3.8) is 0 Å². The van der Waals surface area contributed by atoms with Gasteiger partial charge in [-0.2, -0.15) is 13.9 Å². The van der Waals surface area contributed by atoms with E-state index in [2.05, 4.69) is 10.4 Å². The summed E-state index contributed by atoms with van der Waals surface area (Å²) in [4.78, 5) is 26.1. The highest BCUT2D eigenvalue weighted by molar-refractivity contribution is 7.92. The highest BCUT2D eigenvalue weighted by atomic mass is 32.2. The molecule has 2 amide bonds. The third-order valence-corrected chi connectivity index (χ3v) is 7.67. The van der Waals surface area contributed by atoms with Crippen molar-refractivity contribution in [3.8, 4) is 5.75 Å². The number of fused-ring (bicyclic) bond motifs is 1. The predicted octanol–water partition coefficient (Wildman–Crippen LogP) is 3.51. The first-order chi connectivity index (χ1) is 17.2. The van der Waals surface area contributed by atoms with Crippen molar-refractivity contribution < 1.29 is 36.3 Å². The third-order valence-electron chi connectivity index (χ3n) is 5.79. The van der Waals surface area contributed by atoms with E-state index in [0.29, 0.717) is 13.1 Å². The van der Waals surface area contributed by atoms with Crippen LogP contribution in [0.1, 0.15) is 45.9 Å². The second-order valence-electron chi connectivity index (χ2n) is 9.86. The quantitative estimate of drug-likeness (QED) is 0.594. The van der Waals surface area contributed by atoms with Crippen LogP contribution < -0.4 is 14.4 Å². The molecule has 0 radical (unpaired) electrons. The molecule has 11 nitrogen and oxygen atoms in total. The number of anilines is 2. The minimum atomic E-state index is -4.41. The number of carbonyl (C=O) groups is 2. The zero-order valence-electron chi connectivity index (χ0n) is 20.9. The number of nitrogens with one attached hydrogen (secondary N) is 1. The number of halogens is 2. The largest absolute Gasteiger partial charge is 0.486 e. The summed E-state index contributed by atoms with van der Waals surface area (Å²) >= 11 is 0. The van der Waals surface area contributed by atoms with E-state index >= 15 is 0 Å². The first kappa shape index (κ1) is 26.6. The summed E-state index contributed by atoms with van der Waals surface area (Å²) in [6, 6.07) is 4.37. The summed E-state index contributed by atoms with van der Waals surface area (Å²) in [5, 5.41) is 6.17. The van der Waals surface area contributed by atoms with Crippen molar-refractivity contribution in [3.05, 3.63) is 30.1 Å². The van der Waals surface area contributed by atoms with Crippen LogP contribution in [-0.4, -0.2) is 66.4 Å². The molecule has 14 heteroatoms. The lowest BCUT2D eigenvalue weighted by atomic mass is 10.1. The lowest BCUT2D eigenvalue weighted by Gasteiger charge is -2.37. The minimum absolute atomic E-state index is 0.0569. The monoisotopic (exact) mass is 541 g/mol. The Labute approximate surface area is 213 Å². The first-order valence-corrected chi connectivity index (χ1v) is 13.1. The summed E-state index contributed by atoms with van der Waals surface area (Å²) in [7, 11) is -4.41. The summed E-state index contributed by atoms with van der Waals surface area (Å²) in [6.07, 6.45) is 0.0595. The third kappa shape index (κ3) is 5.78. The Morgan fingerprint density at radius 2 is 1.97 bits per heavy atom. The van der Waals surface area contributed by atoms with Crippen LogP contribution in [0.4, 0.5) is 25.0 Å². The van der Waals surface area contributed by atoms with Crippen LogP contribution in [0.3, 0.4) is 0 Å². The van der Waals surface area contributed by atoms with Gasteiger partial charge in [-0.15, -0.1) is 0 Å². The van der Waals surface area contributed by atoms with Crippen LogP contribution in [0.15, 0.2) is 29.3 Å². The van der Waals surface area contributed by atoms with Crippen molar-refractivity contribution in [2.24, 2.45) is 0 Å². The van der Waals surface area contributed by atoms with Gasteiger partial charge in [0, 0.05) is 18.8 Å². The number of hydrogen-bond donors (Lipinski definition) is 1. The molecule has 2 aromatic rings. The summed E-state index contributed by atoms with van der Waals surface area (Å²) in [6.45, 7) is 4.42. The molecule has 2 aliphatic rings. The SMILES string of the molecule is Cc1nn(C(F)F)cc1S(=O)(=O)N1CC(CC(=O)N2CCC2)Oc2ccc(NC(=O)OC(C)(C)C)cc21. The number of carbonyl (C=O) groups excluding carboxylic acids is 2. The molecule has 202 valence electrons. The maximum Gasteiger partial charge on any atom is 0.412 e. The molecule has 0 spiro atoms. The fourth-order valence-electron chi connectivity index (χ4n) is 3.97. The molecule has 1 fully saturated rings. The fraction of sp³-hybridized carbons (Fsp3) is 0.522. The van der Waals surface area contributed by atoms with Crippen LogP contribution in [-0.2, 0) is 19.6 Å². The second kappa shape index (κ2) is 9.80. The van der Waals surface area contributed by atoms with E-state index in [-0.39, 0.29) is 46.4 Å². The zero-order valence-corrected chi connectivity index (χ0v) is 21.7. The number of hydrogen-bond acceptors (Lipinski definition) is 7. The molecule has 0 bridgehead atoms. The van der Waals surface area contributed by atoms with Crippen molar-refractivity contribution in [1.82, 2.24) is 14.7 Å². The Hall–Kier alpha value is -3.42. The van der Waals surface area contributed by atoms with Gasteiger partial charge in [0.05, 0.1) is 30.5 Å². The molecule has 1 aromatic heterocycles. The van der Waals surface area contributed by atoms with E-state index in [1.165, 1.54) is 25.1 Å². The number of aromatic nitrogens is 2. The van der Waals surface area contributed by atoms with E-state index in [9.17, 15) is 26.8 Å². The fourth-order valence-corrected chi connectivity index (χ4v) is 5.63. The Morgan fingerprint density at radius 3 is 2.54 bits per heavy atom. The zero-order chi connectivity index (χ0) is 27.1. The number of sulfonamides is 1. The van der Waals surface area contributed by atoms with E-state index in [4.69, 9.17) is 9.47 Å². The van der Waals surface area contributed by atoms with Crippen LogP contribution in [0.2, 0.25) is 0 Å². The molecule has 4 rings (SSSR count).